The van der Waals surface area contributed by atoms with E-state index in [2.05, 4.69) is 82.8 Å². The number of aromatic hydroxyl groups is 1. The van der Waals surface area contributed by atoms with E-state index < -0.39 is 5.41 Å². The van der Waals surface area contributed by atoms with Crippen molar-refractivity contribution in [3.05, 3.63) is 76.1 Å². The molecule has 0 aliphatic heterocycles. The lowest BCUT2D eigenvalue weighted by molar-refractivity contribution is 0.283. The Balaban J connectivity index is 1.74. The first-order chi connectivity index (χ1) is 17.2. The van der Waals surface area contributed by atoms with Gasteiger partial charge in [-0.25, -0.2) is 0 Å². The van der Waals surface area contributed by atoms with Gasteiger partial charge in [0, 0.05) is 17.0 Å². The topological polar surface area (TPSA) is 79.9 Å². The summed E-state index contributed by atoms with van der Waals surface area (Å²) in [5, 5.41) is 19.9. The number of benzene rings is 3. The van der Waals surface area contributed by atoms with Gasteiger partial charge in [-0.2, -0.15) is 9.78 Å². The molecule has 0 bridgehead atoms. The Hall–Kier alpha value is -3.45. The zero-order chi connectivity index (χ0) is 26.8. The summed E-state index contributed by atoms with van der Waals surface area (Å²) in [4.78, 5) is 6.12. The lowest BCUT2D eigenvalue weighted by atomic mass is 9.70. The first kappa shape index (κ1) is 25.2. The number of hydrogen-bond donors (Lipinski definition) is 2. The molecule has 5 rings (SSSR count). The fraction of sp³-hybridized carbons (Fsp3) is 0.367. The zero-order valence-electron chi connectivity index (χ0n) is 22.5. The Morgan fingerprint density at radius 3 is 2.30 bits per heavy atom. The van der Waals surface area contributed by atoms with Crippen LogP contribution in [0.1, 0.15) is 71.6 Å². The molecule has 2 aromatic heterocycles. The second-order valence-corrected chi connectivity index (χ2v) is 12.7. The highest BCUT2D eigenvalue weighted by Gasteiger charge is 2.33. The Morgan fingerprint density at radius 2 is 1.62 bits per heavy atom. The summed E-state index contributed by atoms with van der Waals surface area (Å²) >= 11 is 5.07. The van der Waals surface area contributed by atoms with Gasteiger partial charge in [0.2, 0.25) is 0 Å². The van der Waals surface area contributed by atoms with Crippen molar-refractivity contribution < 1.29 is 9.52 Å². The van der Waals surface area contributed by atoms with Crippen LogP contribution in [0.2, 0.25) is 0 Å². The average molecular weight is 515 g/mol. The van der Waals surface area contributed by atoms with Gasteiger partial charge < -0.3 is 9.52 Å². The van der Waals surface area contributed by atoms with Gasteiger partial charge >= 0.3 is 0 Å². The molecule has 37 heavy (non-hydrogen) atoms. The predicted octanol–water partition coefficient (Wildman–Crippen LogP) is 7.97. The molecule has 0 spiro atoms. The summed E-state index contributed by atoms with van der Waals surface area (Å²) in [6.45, 7) is 15.6. The molecule has 0 radical (unpaired) electrons. The van der Waals surface area contributed by atoms with Crippen LogP contribution in [-0.2, 0) is 10.8 Å². The van der Waals surface area contributed by atoms with Crippen molar-refractivity contribution in [2.75, 3.05) is 0 Å². The first-order valence-corrected chi connectivity index (χ1v) is 13.0. The minimum atomic E-state index is -0.440. The maximum atomic E-state index is 11.7. The zero-order valence-corrected chi connectivity index (χ0v) is 23.3. The Bertz CT molecular complexity index is 1610. The molecule has 2 N–H and O–H groups in total. The largest absolute Gasteiger partial charge is 0.505 e. The van der Waals surface area contributed by atoms with Crippen LogP contribution in [0.15, 0.2) is 59.0 Å². The maximum absolute atomic E-state index is 11.7. The van der Waals surface area contributed by atoms with Crippen LogP contribution in [0.25, 0.3) is 27.8 Å². The van der Waals surface area contributed by atoms with E-state index in [1.54, 1.807) is 4.80 Å². The molecular weight excluding hydrogens is 480 g/mol. The van der Waals surface area contributed by atoms with E-state index >= 15 is 0 Å². The summed E-state index contributed by atoms with van der Waals surface area (Å²) < 4.78 is 5.53. The minimum absolute atomic E-state index is 0.133. The smallest absolute Gasteiger partial charge is 0.289 e. The molecule has 192 valence electrons. The number of nitrogens with zero attached hydrogens (tertiary/aromatic N) is 3. The van der Waals surface area contributed by atoms with Gasteiger partial charge in [0.25, 0.3) is 4.84 Å². The monoisotopic (exact) mass is 514 g/mol. The number of aromatic nitrogens is 4. The van der Waals surface area contributed by atoms with Crippen molar-refractivity contribution in [2.45, 2.75) is 65.7 Å². The standard InChI is InChI=1S/C30H34N4O2S/c1-28(2,3)17-29(4,5)19-13-20(30(6,7)18-11-9-8-10-12-18)26(35)24(14-19)34-32-21-15-23-25(16-22(21)33-34)36-27(37)31-23/h8-16,32,35H,17H2,1-7H3. The molecule has 7 heteroatoms. The van der Waals surface area contributed by atoms with Gasteiger partial charge in [-0.05, 0) is 52.7 Å². The van der Waals surface area contributed by atoms with Gasteiger partial charge in [-0.3, -0.25) is 5.10 Å². The second-order valence-electron chi connectivity index (χ2n) is 12.3. The maximum Gasteiger partial charge on any atom is 0.289 e. The highest BCUT2D eigenvalue weighted by molar-refractivity contribution is 7.71. The van der Waals surface area contributed by atoms with Crippen LogP contribution in [0.3, 0.4) is 0 Å². The lowest BCUT2D eigenvalue weighted by Crippen LogP contribution is -2.27. The number of aromatic amines is 1. The van der Waals surface area contributed by atoms with Crippen LogP contribution in [0, 0.1) is 10.3 Å². The molecule has 0 atom stereocenters. The number of hydrogen-bond acceptors (Lipinski definition) is 5. The predicted molar refractivity (Wildman–Crippen MR) is 151 cm³/mol. The average Bonchev–Trinajstić information content (AvgIpc) is 3.37. The van der Waals surface area contributed by atoms with Crippen molar-refractivity contribution in [1.82, 2.24) is 20.0 Å². The molecule has 5 aromatic rings. The number of oxazole rings is 1. The van der Waals surface area contributed by atoms with E-state index in [1.807, 2.05) is 30.3 Å². The third-order valence-corrected chi connectivity index (χ3v) is 7.34. The third kappa shape index (κ3) is 4.68. The Labute approximate surface area is 222 Å². The van der Waals surface area contributed by atoms with Crippen molar-refractivity contribution in [1.29, 1.82) is 0 Å². The quantitative estimate of drug-likeness (QED) is 0.233. The molecule has 0 amide bonds. The van der Waals surface area contributed by atoms with Gasteiger partial charge in [0.1, 0.15) is 22.5 Å². The van der Waals surface area contributed by atoms with E-state index in [4.69, 9.17) is 21.7 Å². The number of phenols is 1. The first-order valence-electron chi connectivity index (χ1n) is 12.6. The second kappa shape index (κ2) is 8.55. The van der Waals surface area contributed by atoms with Crippen LogP contribution in [-0.4, -0.2) is 25.1 Å². The fourth-order valence-electron chi connectivity index (χ4n) is 5.56. The van der Waals surface area contributed by atoms with E-state index in [-0.39, 0.29) is 21.4 Å². The van der Waals surface area contributed by atoms with E-state index in [1.165, 1.54) is 0 Å². The molecule has 0 unspecified atom stereocenters. The Kier molecular flexibility index (Phi) is 5.83. The molecule has 0 saturated heterocycles. The summed E-state index contributed by atoms with van der Waals surface area (Å²) in [5.74, 6) is 0.197. The summed E-state index contributed by atoms with van der Waals surface area (Å²) in [5.41, 5.74) is 6.01. The third-order valence-electron chi connectivity index (χ3n) is 7.16. The SMILES string of the molecule is CC(C)(C)CC(C)(C)c1cc(-n2nc3cc4oc(=S)nc4cc3[nH]2)c(O)c(C(C)(C)c2ccccc2)c1. The van der Waals surface area contributed by atoms with Crippen LogP contribution in [0.5, 0.6) is 5.75 Å². The molecule has 3 aromatic carbocycles. The van der Waals surface area contributed by atoms with Crippen LogP contribution in [0.4, 0.5) is 0 Å². The molecule has 0 fully saturated rings. The van der Waals surface area contributed by atoms with E-state index in [0.29, 0.717) is 22.3 Å². The van der Waals surface area contributed by atoms with Crippen molar-refractivity contribution in [3.8, 4) is 11.4 Å². The van der Waals surface area contributed by atoms with Gasteiger partial charge in [-0.15, -0.1) is 5.10 Å². The summed E-state index contributed by atoms with van der Waals surface area (Å²) in [6.07, 6.45) is 0.978. The molecule has 2 heterocycles. The number of rotatable bonds is 5. The van der Waals surface area contributed by atoms with E-state index in [0.717, 1.165) is 28.6 Å². The molecule has 0 saturated carbocycles. The highest BCUT2D eigenvalue weighted by Crippen LogP contribution is 2.44. The molecule has 6 nitrogen and oxygen atoms in total. The number of phenolic OH excluding ortho intramolecular Hbond substituents is 1. The van der Waals surface area contributed by atoms with E-state index in [9.17, 15) is 5.11 Å². The summed E-state index contributed by atoms with van der Waals surface area (Å²) in [6, 6.07) is 18.2. The van der Waals surface area contributed by atoms with Crippen molar-refractivity contribution >= 4 is 34.4 Å². The molecule has 0 aliphatic carbocycles. The lowest BCUT2D eigenvalue weighted by Gasteiger charge is -2.35. The summed E-state index contributed by atoms with van der Waals surface area (Å²) in [7, 11) is 0. The highest BCUT2D eigenvalue weighted by atomic mass is 32.1. The van der Waals surface area contributed by atoms with Crippen LogP contribution < -0.4 is 0 Å². The number of H-pyrrole nitrogens is 1. The number of nitrogens with one attached hydrogen (secondary N) is 1. The van der Waals surface area contributed by atoms with Crippen molar-refractivity contribution in [2.24, 2.45) is 5.41 Å². The van der Waals surface area contributed by atoms with Crippen molar-refractivity contribution in [3.63, 3.8) is 0 Å². The van der Waals surface area contributed by atoms with Gasteiger partial charge in [0.15, 0.2) is 5.58 Å². The molecular formula is C30H34N4O2S. The van der Waals surface area contributed by atoms with Gasteiger partial charge in [0.05, 0.1) is 5.52 Å². The minimum Gasteiger partial charge on any atom is -0.505 e. The number of fused-ring (bicyclic) bond motifs is 2. The van der Waals surface area contributed by atoms with Crippen LogP contribution >= 0.6 is 12.2 Å². The molecule has 0 aliphatic rings. The fourth-order valence-corrected chi connectivity index (χ4v) is 5.75. The Morgan fingerprint density at radius 1 is 0.919 bits per heavy atom. The van der Waals surface area contributed by atoms with Gasteiger partial charge in [-0.1, -0.05) is 84.9 Å². The normalized spacial score (nSPS) is 13.1.